The van der Waals surface area contributed by atoms with Crippen LogP contribution in [0.25, 0.3) is 0 Å². The third kappa shape index (κ3) is 4.04. The average Bonchev–Trinajstić information content (AvgIpc) is 3.12. The lowest BCUT2D eigenvalue weighted by atomic mass is 9.77. The molecule has 1 atom stereocenters. The van der Waals surface area contributed by atoms with Crippen molar-refractivity contribution in [3.63, 3.8) is 0 Å². The van der Waals surface area contributed by atoms with Crippen molar-refractivity contribution in [3.8, 4) is 6.07 Å². The Kier molecular flexibility index (Phi) is 5.11. The molecule has 0 N–H and O–H groups in total. The first-order chi connectivity index (χ1) is 12.1. The second kappa shape index (κ2) is 7.45. The maximum absolute atomic E-state index is 13.8. The molecule has 0 saturated carbocycles. The van der Waals surface area contributed by atoms with E-state index in [1.165, 1.54) is 18.5 Å². The maximum Gasteiger partial charge on any atom is 0.137 e. The molecule has 0 aliphatic heterocycles. The molecule has 1 heterocycles. The summed E-state index contributed by atoms with van der Waals surface area (Å²) in [5.41, 5.74) is 0.743. The van der Waals surface area contributed by atoms with E-state index in [0.29, 0.717) is 30.0 Å². The Hall–Kier alpha value is -2.71. The predicted octanol–water partition coefficient (Wildman–Crippen LogP) is 4.16. The molecule has 4 nitrogen and oxygen atoms in total. The predicted molar refractivity (Wildman–Crippen MR) is 93.5 cm³/mol. The molecule has 2 aromatic carbocycles. The third-order valence-electron chi connectivity index (χ3n) is 4.22. The van der Waals surface area contributed by atoms with Crippen molar-refractivity contribution in [2.24, 2.45) is 0 Å². The molecule has 3 aromatic rings. The number of aryl methyl sites for hydroxylation is 1. The molecule has 0 aliphatic carbocycles. The van der Waals surface area contributed by atoms with Gasteiger partial charge in [-0.05, 0) is 48.2 Å². The van der Waals surface area contributed by atoms with Crippen molar-refractivity contribution >= 4 is 11.6 Å². The molecule has 1 unspecified atom stereocenters. The Morgan fingerprint density at radius 1 is 1.20 bits per heavy atom. The summed E-state index contributed by atoms with van der Waals surface area (Å²) in [5.74, 6) is -0.363. The summed E-state index contributed by atoms with van der Waals surface area (Å²) >= 11 is 6.04. The molecule has 0 fully saturated rings. The highest BCUT2D eigenvalue weighted by Crippen LogP contribution is 2.32. The molecule has 0 radical (unpaired) electrons. The van der Waals surface area contributed by atoms with Crippen LogP contribution < -0.4 is 0 Å². The zero-order valence-corrected chi connectivity index (χ0v) is 14.2. The van der Waals surface area contributed by atoms with Gasteiger partial charge in [0.2, 0.25) is 0 Å². The minimum absolute atomic E-state index is 0.299. The van der Waals surface area contributed by atoms with Gasteiger partial charge >= 0.3 is 0 Å². The number of hydrogen-bond acceptors (Lipinski definition) is 3. The first-order valence-electron chi connectivity index (χ1n) is 7.85. The lowest BCUT2D eigenvalue weighted by Crippen LogP contribution is -2.31. The van der Waals surface area contributed by atoms with Gasteiger partial charge in [0.05, 0.1) is 12.6 Å². The van der Waals surface area contributed by atoms with Crippen molar-refractivity contribution in [2.75, 3.05) is 0 Å². The summed E-state index contributed by atoms with van der Waals surface area (Å²) in [7, 11) is 0. The van der Waals surface area contributed by atoms with Crippen LogP contribution in [0, 0.1) is 17.1 Å². The van der Waals surface area contributed by atoms with Crippen molar-refractivity contribution in [2.45, 2.75) is 24.8 Å². The fourth-order valence-electron chi connectivity index (χ4n) is 2.90. The molecule has 25 heavy (non-hydrogen) atoms. The van der Waals surface area contributed by atoms with Gasteiger partial charge < -0.3 is 0 Å². The van der Waals surface area contributed by atoms with Gasteiger partial charge in [0.15, 0.2) is 0 Å². The van der Waals surface area contributed by atoms with Crippen molar-refractivity contribution in [1.29, 1.82) is 5.26 Å². The van der Waals surface area contributed by atoms with E-state index in [0.717, 1.165) is 5.56 Å². The van der Waals surface area contributed by atoms with E-state index in [9.17, 15) is 9.65 Å². The molecule has 0 amide bonds. The molecule has 126 valence electrons. The lowest BCUT2D eigenvalue weighted by molar-refractivity contribution is 0.400. The van der Waals surface area contributed by atoms with E-state index < -0.39 is 5.41 Å². The number of hydrogen-bond donors (Lipinski definition) is 0. The molecular formula is C19H16ClFN4. The highest BCUT2D eigenvalue weighted by Gasteiger charge is 2.33. The maximum atomic E-state index is 13.8. The second-order valence-electron chi connectivity index (χ2n) is 5.93. The highest BCUT2D eigenvalue weighted by molar-refractivity contribution is 6.30. The zero-order valence-electron chi connectivity index (χ0n) is 13.4. The SMILES string of the molecule is N#CC(CCc1cccc(Cl)c1)(Cn1cncn1)c1cccc(F)c1. The Bertz CT molecular complexity index is 888. The van der Waals surface area contributed by atoms with Crippen LogP contribution in [-0.4, -0.2) is 14.8 Å². The lowest BCUT2D eigenvalue weighted by Gasteiger charge is -2.27. The van der Waals surface area contributed by atoms with E-state index >= 15 is 0 Å². The summed E-state index contributed by atoms with van der Waals surface area (Å²) in [6.07, 6.45) is 4.13. The summed E-state index contributed by atoms with van der Waals surface area (Å²) < 4.78 is 15.4. The Labute approximate surface area is 150 Å². The zero-order chi connectivity index (χ0) is 17.7. The van der Waals surface area contributed by atoms with Crippen molar-refractivity contribution in [1.82, 2.24) is 14.8 Å². The van der Waals surface area contributed by atoms with Gasteiger partial charge in [0.25, 0.3) is 0 Å². The summed E-state index contributed by atoms with van der Waals surface area (Å²) in [6.45, 7) is 0.299. The van der Waals surface area contributed by atoms with Crippen LogP contribution in [0.15, 0.2) is 61.2 Å². The Balaban J connectivity index is 1.94. The Morgan fingerprint density at radius 3 is 2.72 bits per heavy atom. The number of rotatable bonds is 6. The van der Waals surface area contributed by atoms with E-state index in [-0.39, 0.29) is 5.82 Å². The van der Waals surface area contributed by atoms with Crippen molar-refractivity contribution in [3.05, 3.63) is 83.2 Å². The molecule has 0 saturated heterocycles. The van der Waals surface area contributed by atoms with Crippen LogP contribution in [0.5, 0.6) is 0 Å². The number of nitriles is 1. The largest absolute Gasteiger partial charge is 0.251 e. The minimum atomic E-state index is -0.919. The molecule has 6 heteroatoms. The van der Waals surface area contributed by atoms with Crippen LogP contribution in [0.3, 0.4) is 0 Å². The van der Waals surface area contributed by atoms with E-state index in [1.807, 2.05) is 24.3 Å². The molecule has 0 aliphatic rings. The van der Waals surface area contributed by atoms with Gasteiger partial charge in [-0.15, -0.1) is 0 Å². The minimum Gasteiger partial charge on any atom is -0.251 e. The number of benzene rings is 2. The Morgan fingerprint density at radius 2 is 2.04 bits per heavy atom. The summed E-state index contributed by atoms with van der Waals surface area (Å²) in [4.78, 5) is 3.93. The van der Waals surface area contributed by atoms with Crippen molar-refractivity contribution < 1.29 is 4.39 Å². The number of halogens is 2. The van der Waals surface area contributed by atoms with E-state index in [1.54, 1.807) is 23.1 Å². The molecule has 0 spiro atoms. The van der Waals surface area contributed by atoms with Crippen LogP contribution in [-0.2, 0) is 18.4 Å². The topological polar surface area (TPSA) is 54.5 Å². The fraction of sp³-hybridized carbons (Fsp3) is 0.211. The van der Waals surface area contributed by atoms with Gasteiger partial charge in [0, 0.05) is 5.02 Å². The molecule has 0 bridgehead atoms. The third-order valence-corrected chi connectivity index (χ3v) is 4.45. The van der Waals surface area contributed by atoms with E-state index in [2.05, 4.69) is 16.2 Å². The first-order valence-corrected chi connectivity index (χ1v) is 8.23. The monoisotopic (exact) mass is 354 g/mol. The van der Waals surface area contributed by atoms with Gasteiger partial charge in [0.1, 0.15) is 23.9 Å². The van der Waals surface area contributed by atoms with E-state index in [4.69, 9.17) is 11.6 Å². The van der Waals surface area contributed by atoms with Crippen LogP contribution in [0.1, 0.15) is 17.5 Å². The summed E-state index contributed by atoms with van der Waals surface area (Å²) in [6, 6.07) is 16.1. The number of nitrogens with zero attached hydrogens (tertiary/aromatic N) is 4. The van der Waals surface area contributed by atoms with Gasteiger partial charge in [-0.25, -0.2) is 9.37 Å². The van der Waals surface area contributed by atoms with Gasteiger partial charge in [-0.2, -0.15) is 10.4 Å². The smallest absolute Gasteiger partial charge is 0.137 e. The normalized spacial score (nSPS) is 13.2. The number of aromatic nitrogens is 3. The standard InChI is InChI=1S/C19H16ClFN4/c20-17-5-1-3-15(9-17)7-8-19(11-22,12-25-14-23-13-24-25)16-4-2-6-18(21)10-16/h1-6,9-10,13-14H,7-8,12H2. The molecule has 1 aromatic heterocycles. The quantitative estimate of drug-likeness (QED) is 0.667. The average molecular weight is 355 g/mol. The highest BCUT2D eigenvalue weighted by atomic mass is 35.5. The van der Waals surface area contributed by atoms with Gasteiger partial charge in [-0.1, -0.05) is 35.9 Å². The first kappa shape index (κ1) is 17.1. The fourth-order valence-corrected chi connectivity index (χ4v) is 3.11. The second-order valence-corrected chi connectivity index (χ2v) is 6.36. The van der Waals surface area contributed by atoms with Crippen LogP contribution in [0.4, 0.5) is 4.39 Å². The van der Waals surface area contributed by atoms with Crippen LogP contribution in [0.2, 0.25) is 5.02 Å². The van der Waals surface area contributed by atoms with Gasteiger partial charge in [-0.3, -0.25) is 4.68 Å². The molecular weight excluding hydrogens is 339 g/mol. The molecule has 3 rings (SSSR count). The van der Waals surface area contributed by atoms with Crippen LogP contribution >= 0.6 is 11.6 Å². The summed E-state index contributed by atoms with van der Waals surface area (Å²) in [5, 5.41) is 14.8.